The molecule has 12 heavy (non-hydrogen) atoms. The van der Waals surface area contributed by atoms with Crippen LogP contribution in [0.25, 0.3) is 0 Å². The fourth-order valence-corrected chi connectivity index (χ4v) is 0.765. The quantitative estimate of drug-likeness (QED) is 0.632. The van der Waals surface area contributed by atoms with E-state index in [1.807, 2.05) is 25.2 Å². The maximum absolute atomic E-state index is 10.6. The Kier molecular flexibility index (Phi) is 5.70. The van der Waals surface area contributed by atoms with Crippen molar-refractivity contribution in [1.29, 1.82) is 0 Å². The van der Waals surface area contributed by atoms with Crippen LogP contribution in [-0.4, -0.2) is 12.5 Å². The van der Waals surface area contributed by atoms with Crippen LogP contribution in [0.2, 0.25) is 0 Å². The first kappa shape index (κ1) is 10.7. The fraction of sp³-hybridized carbons (Fsp3) is 0.300. The Morgan fingerprint density at radius 2 is 2.25 bits per heavy atom. The topological polar surface area (TPSA) is 29.1 Å². The summed E-state index contributed by atoms with van der Waals surface area (Å²) in [5.74, 6) is -0.0190. The first-order chi connectivity index (χ1) is 5.70. The van der Waals surface area contributed by atoms with Crippen LogP contribution < -0.4 is 5.32 Å². The van der Waals surface area contributed by atoms with Crippen LogP contribution in [0, 0.1) is 0 Å². The van der Waals surface area contributed by atoms with E-state index in [1.54, 1.807) is 6.08 Å². The molecule has 0 aromatic heterocycles. The minimum Gasteiger partial charge on any atom is -0.352 e. The first-order valence-corrected chi connectivity index (χ1v) is 3.89. The molecule has 0 aromatic carbocycles. The van der Waals surface area contributed by atoms with Gasteiger partial charge in [-0.25, -0.2) is 0 Å². The second-order valence-electron chi connectivity index (χ2n) is 2.39. The van der Waals surface area contributed by atoms with Gasteiger partial charge < -0.3 is 5.32 Å². The Balaban J connectivity index is 4.05. The standard InChI is InChI=1S/C10H15NO/c1-4-6-10(7-5-2)8-11-9(3)12/h4-7H,1,8H2,2-3H3,(H,11,12)/b7-5-,10-6+. The number of hydrogen-bond acceptors (Lipinski definition) is 1. The predicted molar refractivity (Wildman–Crippen MR) is 51.8 cm³/mol. The maximum atomic E-state index is 10.6. The van der Waals surface area contributed by atoms with Crippen LogP contribution >= 0.6 is 0 Å². The molecule has 0 spiro atoms. The zero-order valence-electron chi connectivity index (χ0n) is 7.63. The average Bonchev–Trinajstić information content (AvgIpc) is 2.01. The third-order valence-corrected chi connectivity index (χ3v) is 1.25. The van der Waals surface area contributed by atoms with E-state index in [4.69, 9.17) is 0 Å². The Hall–Kier alpha value is -1.31. The summed E-state index contributed by atoms with van der Waals surface area (Å²) in [6.45, 7) is 7.58. The molecule has 0 aromatic rings. The number of hydrogen-bond donors (Lipinski definition) is 1. The summed E-state index contributed by atoms with van der Waals surface area (Å²) in [7, 11) is 0. The van der Waals surface area contributed by atoms with Crippen LogP contribution in [-0.2, 0) is 4.79 Å². The lowest BCUT2D eigenvalue weighted by atomic mass is 10.2. The van der Waals surface area contributed by atoms with E-state index in [2.05, 4.69) is 11.9 Å². The maximum Gasteiger partial charge on any atom is 0.217 e. The van der Waals surface area contributed by atoms with Crippen molar-refractivity contribution < 1.29 is 4.79 Å². The highest BCUT2D eigenvalue weighted by Crippen LogP contribution is 1.95. The summed E-state index contributed by atoms with van der Waals surface area (Å²) < 4.78 is 0. The number of allylic oxidation sites excluding steroid dienone is 3. The molecule has 0 bridgehead atoms. The molecule has 1 amide bonds. The number of nitrogens with one attached hydrogen (secondary N) is 1. The van der Waals surface area contributed by atoms with E-state index < -0.39 is 0 Å². The van der Waals surface area contributed by atoms with E-state index in [-0.39, 0.29) is 5.91 Å². The molecule has 1 N–H and O–H groups in total. The van der Waals surface area contributed by atoms with Crippen molar-refractivity contribution >= 4 is 5.91 Å². The van der Waals surface area contributed by atoms with Crippen LogP contribution in [0.1, 0.15) is 13.8 Å². The lowest BCUT2D eigenvalue weighted by molar-refractivity contribution is -0.118. The molecular formula is C10H15NO. The monoisotopic (exact) mass is 165 g/mol. The molecule has 0 saturated heterocycles. The Morgan fingerprint density at radius 1 is 1.58 bits per heavy atom. The highest BCUT2D eigenvalue weighted by atomic mass is 16.1. The summed E-state index contributed by atoms with van der Waals surface area (Å²) >= 11 is 0. The van der Waals surface area contributed by atoms with Crippen molar-refractivity contribution in [1.82, 2.24) is 5.32 Å². The van der Waals surface area contributed by atoms with Gasteiger partial charge in [-0.05, 0) is 12.5 Å². The van der Waals surface area contributed by atoms with Gasteiger partial charge in [-0.15, -0.1) is 0 Å². The smallest absolute Gasteiger partial charge is 0.217 e. The lowest BCUT2D eigenvalue weighted by Crippen LogP contribution is -2.21. The van der Waals surface area contributed by atoms with E-state index in [0.717, 1.165) is 5.57 Å². The van der Waals surface area contributed by atoms with Gasteiger partial charge in [-0.1, -0.05) is 30.9 Å². The van der Waals surface area contributed by atoms with Crippen LogP contribution in [0.5, 0.6) is 0 Å². The molecule has 0 rings (SSSR count). The molecule has 0 atom stereocenters. The van der Waals surface area contributed by atoms with Gasteiger partial charge in [-0.3, -0.25) is 4.79 Å². The van der Waals surface area contributed by atoms with Crippen molar-refractivity contribution in [2.24, 2.45) is 0 Å². The Labute approximate surface area is 73.7 Å². The van der Waals surface area contributed by atoms with Crippen molar-refractivity contribution in [3.63, 3.8) is 0 Å². The molecule has 66 valence electrons. The Bertz CT molecular complexity index is 214. The molecule has 0 aliphatic heterocycles. The van der Waals surface area contributed by atoms with Crippen LogP contribution in [0.3, 0.4) is 0 Å². The zero-order valence-corrected chi connectivity index (χ0v) is 7.63. The molecule has 0 saturated carbocycles. The van der Waals surface area contributed by atoms with Crippen LogP contribution in [0.15, 0.2) is 36.5 Å². The summed E-state index contributed by atoms with van der Waals surface area (Å²) in [6.07, 6.45) is 7.45. The molecule has 0 heterocycles. The minimum atomic E-state index is -0.0190. The van der Waals surface area contributed by atoms with Crippen molar-refractivity contribution in [3.8, 4) is 0 Å². The lowest BCUT2D eigenvalue weighted by Gasteiger charge is -2.01. The normalized spacial score (nSPS) is 11.7. The van der Waals surface area contributed by atoms with Crippen LogP contribution in [0.4, 0.5) is 0 Å². The summed E-state index contributed by atoms with van der Waals surface area (Å²) in [6, 6.07) is 0. The molecule has 0 fully saturated rings. The first-order valence-electron chi connectivity index (χ1n) is 3.89. The summed E-state index contributed by atoms with van der Waals surface area (Å²) in [5, 5.41) is 2.71. The second-order valence-corrected chi connectivity index (χ2v) is 2.39. The van der Waals surface area contributed by atoms with E-state index >= 15 is 0 Å². The summed E-state index contributed by atoms with van der Waals surface area (Å²) in [5.41, 5.74) is 1.04. The zero-order chi connectivity index (χ0) is 9.40. The number of carbonyl (C=O) groups is 1. The number of carbonyl (C=O) groups excluding carboxylic acids is 1. The highest BCUT2D eigenvalue weighted by molar-refractivity contribution is 5.73. The second kappa shape index (κ2) is 6.40. The van der Waals surface area contributed by atoms with E-state index in [1.165, 1.54) is 6.92 Å². The minimum absolute atomic E-state index is 0.0190. The SMILES string of the molecule is C=C/C=C(\C=C/C)CNC(C)=O. The van der Waals surface area contributed by atoms with Gasteiger partial charge in [0.1, 0.15) is 0 Å². The highest BCUT2D eigenvalue weighted by Gasteiger charge is 1.92. The average molecular weight is 165 g/mol. The third-order valence-electron chi connectivity index (χ3n) is 1.25. The van der Waals surface area contributed by atoms with Gasteiger partial charge >= 0.3 is 0 Å². The van der Waals surface area contributed by atoms with Crippen molar-refractivity contribution in [2.75, 3.05) is 6.54 Å². The van der Waals surface area contributed by atoms with Gasteiger partial charge in [-0.2, -0.15) is 0 Å². The molecule has 0 radical (unpaired) electrons. The predicted octanol–water partition coefficient (Wildman–Crippen LogP) is 1.81. The van der Waals surface area contributed by atoms with Gasteiger partial charge in [0.25, 0.3) is 0 Å². The van der Waals surface area contributed by atoms with Gasteiger partial charge in [0.05, 0.1) is 0 Å². The third kappa shape index (κ3) is 5.47. The van der Waals surface area contributed by atoms with Crippen molar-refractivity contribution in [3.05, 3.63) is 36.5 Å². The molecular weight excluding hydrogens is 150 g/mol. The van der Waals surface area contributed by atoms with Gasteiger partial charge in [0.15, 0.2) is 0 Å². The Morgan fingerprint density at radius 3 is 2.67 bits per heavy atom. The number of amides is 1. The van der Waals surface area contributed by atoms with E-state index in [9.17, 15) is 4.79 Å². The molecule has 0 aliphatic rings. The largest absolute Gasteiger partial charge is 0.352 e. The summed E-state index contributed by atoms with van der Waals surface area (Å²) in [4.78, 5) is 10.6. The molecule has 0 aliphatic carbocycles. The van der Waals surface area contributed by atoms with E-state index in [0.29, 0.717) is 6.54 Å². The molecule has 2 nitrogen and oxygen atoms in total. The van der Waals surface area contributed by atoms with Crippen molar-refractivity contribution in [2.45, 2.75) is 13.8 Å². The molecule has 2 heteroatoms. The number of rotatable bonds is 4. The van der Waals surface area contributed by atoms with Gasteiger partial charge in [0.2, 0.25) is 5.91 Å². The van der Waals surface area contributed by atoms with Gasteiger partial charge in [0, 0.05) is 13.5 Å². The molecule has 0 unspecified atom stereocenters. The fourth-order valence-electron chi connectivity index (χ4n) is 0.765.